The third-order valence-corrected chi connectivity index (χ3v) is 12.4. The minimum Gasteiger partial charge on any atom is -0.480 e. The van der Waals surface area contributed by atoms with Crippen molar-refractivity contribution in [1.82, 2.24) is 10.6 Å². The molecule has 0 saturated carbocycles. The van der Waals surface area contributed by atoms with Crippen LogP contribution >= 0.6 is 0 Å². The number of nitrogens with one attached hydrogen (secondary N) is 2. The second-order valence-electron chi connectivity index (χ2n) is 21.7. The van der Waals surface area contributed by atoms with E-state index in [1.165, 1.54) is 11.1 Å². The number of rotatable bonds is 14. The number of ether oxygens (including phenoxy) is 4. The molecule has 2 aromatic carbocycles. The number of nitrogens with zero attached hydrogens (tertiary/aromatic N) is 2. The Hall–Kier alpha value is -5.58. The van der Waals surface area contributed by atoms with Gasteiger partial charge in [-0.25, -0.2) is 14.4 Å². The molecule has 2 aromatic rings. The van der Waals surface area contributed by atoms with Crippen LogP contribution in [0.1, 0.15) is 125 Å². The van der Waals surface area contributed by atoms with Gasteiger partial charge >= 0.3 is 18.2 Å². The van der Waals surface area contributed by atoms with Gasteiger partial charge in [-0.1, -0.05) is 76.2 Å². The molecule has 0 aromatic heterocycles. The Bertz CT molecular complexity index is 2180. The summed E-state index contributed by atoms with van der Waals surface area (Å²) in [5.74, 6) is -0.336. The zero-order chi connectivity index (χ0) is 52.6. The normalized spacial score (nSPS) is 18.0. The maximum Gasteiger partial charge on any atom is 0.408 e. The number of alkyl carbamates (subject to hydrolysis) is 2. The number of carboxylic acid groups (broad SMARTS) is 1. The third kappa shape index (κ3) is 18.5. The number of fused-ring (bicyclic) bond motifs is 2. The van der Waals surface area contributed by atoms with E-state index >= 15 is 0 Å². The Labute approximate surface area is 421 Å². The Morgan fingerprint density at radius 1 is 0.662 bits per heavy atom. The number of carbonyl (C=O) groups excluding carboxylic acids is 5. The van der Waals surface area contributed by atoms with Gasteiger partial charge in [0.05, 0.1) is 0 Å². The van der Waals surface area contributed by atoms with Crippen molar-refractivity contribution in [3.8, 4) is 0 Å². The zero-order valence-electron chi connectivity index (χ0n) is 43.8. The molecule has 0 bridgehead atoms. The smallest absolute Gasteiger partial charge is 0.408 e. The quantitative estimate of drug-likeness (QED) is 0.131. The number of Topliss-reactive ketones (excluding diaryl/α,β-unsaturated/α-hetero) is 1. The summed E-state index contributed by atoms with van der Waals surface area (Å²) in [7, 11) is 0. The van der Waals surface area contributed by atoms with Crippen LogP contribution in [0.5, 0.6) is 0 Å². The van der Waals surface area contributed by atoms with Crippen molar-refractivity contribution in [2.75, 3.05) is 49.3 Å². The minimum atomic E-state index is -1.26. The lowest BCUT2D eigenvalue weighted by atomic mass is 9.80. The summed E-state index contributed by atoms with van der Waals surface area (Å²) < 4.78 is 21.1. The highest BCUT2D eigenvalue weighted by Gasteiger charge is 2.44. The molecule has 2 saturated heterocycles. The molecule has 2 atom stereocenters. The number of carboxylic acids is 1. The average molecular weight is 988 g/mol. The van der Waals surface area contributed by atoms with Gasteiger partial charge in [0, 0.05) is 95.1 Å². The summed E-state index contributed by atoms with van der Waals surface area (Å²) in [5, 5.41) is 14.5. The van der Waals surface area contributed by atoms with Gasteiger partial charge in [-0.05, 0) is 114 Å². The Kier molecular flexibility index (Phi) is 21.4. The maximum absolute atomic E-state index is 13.6. The topological polar surface area (TPSA) is 216 Å². The van der Waals surface area contributed by atoms with E-state index in [4.69, 9.17) is 24.7 Å². The van der Waals surface area contributed by atoms with E-state index in [-0.39, 0.29) is 48.8 Å². The predicted octanol–water partition coefficient (Wildman–Crippen LogP) is 8.48. The van der Waals surface area contributed by atoms with E-state index in [1.54, 1.807) is 58.6 Å². The standard InChI is InChI=1S/C28H40N2O5.C16H22N2O.C11H19NO5/c1-20(2)18-21(10-11-25(32)30-15-12-22-8-6-7-9-23(22)30)19-24(31)28(13-16-34-17-14-28)29-26(33)35-27(3,4)5;1-12(2)11-14(17)7-8-16(19)18-10-9-13-5-3-4-6-15(13)18;1-10(2,3)17-9(15)12-11(8(13)14)4-6-16-7-5-11/h6-11,20-21H,12-19H2,1-5H3,(H,29,33);3-8,12,14H,9-11,17H2,1-2H3;4-7H2,1-3H3,(H,12,15)(H,13,14)/b11-10+;8-7+;/t21-;14-;/m11./s1. The molecular weight excluding hydrogens is 907 g/mol. The van der Waals surface area contributed by atoms with Crippen molar-refractivity contribution in [1.29, 1.82) is 0 Å². The maximum atomic E-state index is 13.6. The molecule has 16 heteroatoms. The first-order valence-electron chi connectivity index (χ1n) is 25.2. The van der Waals surface area contributed by atoms with Crippen molar-refractivity contribution in [2.24, 2.45) is 23.5 Å². The Balaban J connectivity index is 0.000000256. The number of ketones is 1. The molecule has 16 nitrogen and oxygen atoms in total. The van der Waals surface area contributed by atoms with Crippen LogP contribution in [0.25, 0.3) is 0 Å². The number of hydrogen-bond donors (Lipinski definition) is 4. The molecular formula is C55H81N5O11. The molecule has 4 aliphatic rings. The first-order chi connectivity index (χ1) is 33.3. The second-order valence-corrected chi connectivity index (χ2v) is 21.7. The SMILES string of the molecule is CC(C)(C)OC(=O)NC1(C(=O)O)CCOCC1.CC(C)C[C@@H](/C=C/C(=O)N1CCc2ccccc21)CC(=O)C1(NC(=O)OC(C)(C)C)CCOCC1.CC(C)C[C@H](N)/C=C/C(=O)N1CCc2ccccc21. The molecule has 0 aliphatic carbocycles. The molecule has 71 heavy (non-hydrogen) atoms. The largest absolute Gasteiger partial charge is 0.480 e. The van der Waals surface area contributed by atoms with Crippen LogP contribution in [-0.4, -0.2) is 109 Å². The van der Waals surface area contributed by atoms with Crippen LogP contribution in [0.4, 0.5) is 21.0 Å². The molecule has 4 heterocycles. The first kappa shape index (κ1) is 58.0. The number of benzene rings is 2. The molecule has 5 N–H and O–H groups in total. The summed E-state index contributed by atoms with van der Waals surface area (Å²) in [5.41, 5.74) is 6.80. The van der Waals surface area contributed by atoms with Gasteiger partial charge in [-0.2, -0.15) is 0 Å². The number of carbonyl (C=O) groups is 6. The van der Waals surface area contributed by atoms with Crippen molar-refractivity contribution in [3.63, 3.8) is 0 Å². The average Bonchev–Trinajstić information content (AvgIpc) is 3.92. The number of allylic oxidation sites excluding steroid dienone is 1. The summed E-state index contributed by atoms with van der Waals surface area (Å²) in [6.45, 7) is 21.9. The third-order valence-electron chi connectivity index (χ3n) is 12.4. The van der Waals surface area contributed by atoms with Gasteiger partial charge in [0.2, 0.25) is 0 Å². The molecule has 4 aliphatic heterocycles. The number of amides is 4. The highest BCUT2D eigenvalue weighted by atomic mass is 16.6. The predicted molar refractivity (Wildman–Crippen MR) is 275 cm³/mol. The molecule has 0 radical (unpaired) electrons. The van der Waals surface area contributed by atoms with Gasteiger partial charge < -0.3 is 50.2 Å². The van der Waals surface area contributed by atoms with E-state index < -0.39 is 40.4 Å². The lowest BCUT2D eigenvalue weighted by molar-refractivity contribution is -0.149. The lowest BCUT2D eigenvalue weighted by Crippen LogP contribution is -2.58. The van der Waals surface area contributed by atoms with Crippen LogP contribution < -0.4 is 26.2 Å². The first-order valence-corrected chi connectivity index (χ1v) is 25.2. The Morgan fingerprint density at radius 2 is 1.07 bits per heavy atom. The van der Waals surface area contributed by atoms with Crippen LogP contribution in [-0.2, 0) is 51.0 Å². The number of aliphatic carboxylic acids is 1. The van der Waals surface area contributed by atoms with Gasteiger partial charge in [0.1, 0.15) is 22.3 Å². The molecule has 0 spiro atoms. The molecule has 4 amide bonds. The van der Waals surface area contributed by atoms with Crippen LogP contribution in [0.2, 0.25) is 0 Å². The fraction of sp³-hybridized carbons (Fsp3) is 0.600. The van der Waals surface area contributed by atoms with E-state index in [9.17, 15) is 33.9 Å². The van der Waals surface area contributed by atoms with Gasteiger partial charge in [0.15, 0.2) is 5.78 Å². The van der Waals surface area contributed by atoms with E-state index in [0.717, 1.165) is 43.6 Å². The second kappa shape index (κ2) is 26.2. The summed E-state index contributed by atoms with van der Waals surface area (Å²) in [6.07, 6.45) is 10.7. The monoisotopic (exact) mass is 988 g/mol. The van der Waals surface area contributed by atoms with Crippen LogP contribution in [0.15, 0.2) is 72.8 Å². The van der Waals surface area contributed by atoms with Crippen molar-refractivity contribution >= 4 is 47.1 Å². The molecule has 0 unspecified atom stereocenters. The molecule has 2 fully saturated rings. The van der Waals surface area contributed by atoms with E-state index in [2.05, 4.69) is 50.5 Å². The van der Waals surface area contributed by atoms with Crippen molar-refractivity contribution in [2.45, 2.75) is 155 Å². The highest BCUT2D eigenvalue weighted by molar-refractivity contribution is 6.03. The Morgan fingerprint density at radius 3 is 1.49 bits per heavy atom. The summed E-state index contributed by atoms with van der Waals surface area (Å²) >= 11 is 0. The van der Waals surface area contributed by atoms with E-state index in [1.807, 2.05) is 53.5 Å². The van der Waals surface area contributed by atoms with Crippen LogP contribution in [0.3, 0.4) is 0 Å². The molecule has 392 valence electrons. The fourth-order valence-electron chi connectivity index (χ4n) is 8.93. The van der Waals surface area contributed by atoms with Crippen molar-refractivity contribution < 1.29 is 52.8 Å². The number of nitrogens with two attached hydrogens (primary N) is 1. The minimum absolute atomic E-state index is 0.0316. The van der Waals surface area contributed by atoms with Gasteiger partial charge in [0.25, 0.3) is 11.8 Å². The highest BCUT2D eigenvalue weighted by Crippen LogP contribution is 2.31. The fourth-order valence-corrected chi connectivity index (χ4v) is 8.93. The van der Waals surface area contributed by atoms with Crippen molar-refractivity contribution in [3.05, 3.63) is 84.0 Å². The lowest BCUT2D eigenvalue weighted by Gasteiger charge is -2.37. The summed E-state index contributed by atoms with van der Waals surface area (Å²) in [4.78, 5) is 77.8. The van der Waals surface area contributed by atoms with Crippen LogP contribution in [0, 0.1) is 17.8 Å². The number of hydrogen-bond acceptors (Lipinski definition) is 11. The zero-order valence-corrected chi connectivity index (χ0v) is 43.8. The van der Waals surface area contributed by atoms with Gasteiger partial charge in [-0.3, -0.25) is 14.4 Å². The summed E-state index contributed by atoms with van der Waals surface area (Å²) in [6, 6.07) is 16.0. The van der Waals surface area contributed by atoms with Gasteiger partial charge in [-0.15, -0.1) is 0 Å². The molecule has 6 rings (SSSR count). The number of para-hydroxylation sites is 2. The van der Waals surface area contributed by atoms with E-state index in [0.29, 0.717) is 57.6 Å². The number of anilines is 2.